The molecular weight excluding hydrogens is 266 g/mol. The van der Waals surface area contributed by atoms with Gasteiger partial charge in [0.15, 0.2) is 0 Å². The van der Waals surface area contributed by atoms with Crippen molar-refractivity contribution in [3.05, 3.63) is 0 Å². The van der Waals surface area contributed by atoms with Crippen LogP contribution in [0.2, 0.25) is 0 Å². The lowest BCUT2D eigenvalue weighted by Gasteiger charge is -2.26. The topological polar surface area (TPSA) is 78.5 Å². The largest absolute Gasteiger partial charge is 0.353 e. The Kier molecular flexibility index (Phi) is 5.18. The predicted molar refractivity (Wildman–Crippen MR) is 73.2 cm³/mol. The normalized spacial score (nSPS) is 22.5. The Morgan fingerprint density at radius 1 is 1.21 bits per heavy atom. The summed E-state index contributed by atoms with van der Waals surface area (Å²) in [5.41, 5.74) is 0. The van der Waals surface area contributed by atoms with E-state index in [4.69, 9.17) is 0 Å². The minimum atomic E-state index is -3.28. The fourth-order valence-electron chi connectivity index (χ4n) is 2.64. The van der Waals surface area contributed by atoms with E-state index in [9.17, 15) is 13.2 Å². The van der Waals surface area contributed by atoms with E-state index >= 15 is 0 Å². The lowest BCUT2D eigenvalue weighted by atomic mass is 10.2. The van der Waals surface area contributed by atoms with Crippen LogP contribution in [-0.2, 0) is 14.8 Å². The average Bonchev–Trinajstić information content (AvgIpc) is 2.90. The molecule has 110 valence electrons. The van der Waals surface area contributed by atoms with Crippen LogP contribution in [0, 0.1) is 0 Å². The van der Waals surface area contributed by atoms with Crippen LogP contribution in [0.4, 0.5) is 0 Å². The molecule has 6 nitrogen and oxygen atoms in total. The number of hydrogen-bond donors (Lipinski definition) is 2. The third-order valence-electron chi connectivity index (χ3n) is 3.78. The molecule has 1 amide bonds. The smallest absolute Gasteiger partial charge is 0.221 e. The molecule has 0 radical (unpaired) electrons. The van der Waals surface area contributed by atoms with Crippen molar-refractivity contribution in [3.8, 4) is 0 Å². The highest BCUT2D eigenvalue weighted by Gasteiger charge is 2.25. The van der Waals surface area contributed by atoms with Gasteiger partial charge in [0.1, 0.15) is 0 Å². The minimum absolute atomic E-state index is 0.0722. The van der Waals surface area contributed by atoms with Crippen LogP contribution in [0.15, 0.2) is 0 Å². The fourth-order valence-corrected chi connectivity index (χ4v) is 4.08. The molecule has 2 fully saturated rings. The highest BCUT2D eigenvalue weighted by Crippen LogP contribution is 2.17. The van der Waals surface area contributed by atoms with Crippen LogP contribution in [0.25, 0.3) is 0 Å². The molecule has 1 saturated carbocycles. The van der Waals surface area contributed by atoms with E-state index in [1.807, 2.05) is 0 Å². The first-order valence-corrected chi connectivity index (χ1v) is 8.67. The Labute approximate surface area is 115 Å². The molecule has 0 aromatic carbocycles. The number of sulfonamides is 1. The number of carbonyl (C=O) groups excluding carboxylic acids is 1. The van der Waals surface area contributed by atoms with Crippen LogP contribution in [0.3, 0.4) is 0 Å². The molecule has 2 rings (SSSR count). The van der Waals surface area contributed by atoms with Crippen LogP contribution in [-0.4, -0.2) is 56.6 Å². The van der Waals surface area contributed by atoms with Gasteiger partial charge in [-0.05, 0) is 12.8 Å². The molecule has 2 aliphatic rings. The second-order valence-corrected chi connectivity index (χ2v) is 7.35. The summed E-state index contributed by atoms with van der Waals surface area (Å²) < 4.78 is 25.6. The van der Waals surface area contributed by atoms with E-state index in [0.29, 0.717) is 26.2 Å². The van der Waals surface area contributed by atoms with Crippen molar-refractivity contribution in [1.82, 2.24) is 14.9 Å². The number of amides is 1. The lowest BCUT2D eigenvalue weighted by molar-refractivity contribution is -0.121. The van der Waals surface area contributed by atoms with Crippen molar-refractivity contribution < 1.29 is 13.2 Å². The van der Waals surface area contributed by atoms with Gasteiger partial charge in [-0.2, -0.15) is 4.31 Å². The van der Waals surface area contributed by atoms with Crippen molar-refractivity contribution in [1.29, 1.82) is 0 Å². The number of rotatable bonds is 5. The van der Waals surface area contributed by atoms with E-state index in [2.05, 4.69) is 10.6 Å². The zero-order valence-corrected chi connectivity index (χ0v) is 12.0. The Bertz CT molecular complexity index is 398. The van der Waals surface area contributed by atoms with Gasteiger partial charge in [-0.3, -0.25) is 4.79 Å². The third-order valence-corrected chi connectivity index (χ3v) is 5.65. The second kappa shape index (κ2) is 6.67. The maximum absolute atomic E-state index is 12.0. The standard InChI is InChI=1S/C12H23N3O3S/c16-12(14-11-3-1-2-4-11)5-10-19(17,18)15-8-6-13-7-9-15/h11,13H,1-10H2,(H,14,16). The van der Waals surface area contributed by atoms with E-state index < -0.39 is 10.0 Å². The SMILES string of the molecule is O=C(CCS(=O)(=O)N1CCNCC1)NC1CCCC1. The van der Waals surface area contributed by atoms with Crippen molar-refractivity contribution >= 4 is 15.9 Å². The van der Waals surface area contributed by atoms with Gasteiger partial charge in [-0.15, -0.1) is 0 Å². The van der Waals surface area contributed by atoms with E-state index in [1.165, 1.54) is 4.31 Å². The molecule has 0 unspecified atom stereocenters. The van der Waals surface area contributed by atoms with Crippen molar-refractivity contribution in [2.45, 2.75) is 38.1 Å². The summed E-state index contributed by atoms with van der Waals surface area (Å²) in [6, 6.07) is 0.259. The molecule has 19 heavy (non-hydrogen) atoms. The summed E-state index contributed by atoms with van der Waals surface area (Å²) in [5, 5.41) is 6.03. The van der Waals surface area contributed by atoms with E-state index in [-0.39, 0.29) is 24.1 Å². The quantitative estimate of drug-likeness (QED) is 0.726. The van der Waals surface area contributed by atoms with E-state index in [0.717, 1.165) is 25.7 Å². The highest BCUT2D eigenvalue weighted by molar-refractivity contribution is 7.89. The number of carbonyl (C=O) groups is 1. The van der Waals surface area contributed by atoms with Gasteiger partial charge in [-0.25, -0.2) is 8.42 Å². The van der Waals surface area contributed by atoms with Gasteiger partial charge in [0.25, 0.3) is 0 Å². The van der Waals surface area contributed by atoms with Crippen molar-refractivity contribution in [2.75, 3.05) is 31.9 Å². The maximum atomic E-state index is 12.0. The summed E-state index contributed by atoms with van der Waals surface area (Å²) in [4.78, 5) is 11.7. The fraction of sp³-hybridized carbons (Fsp3) is 0.917. The van der Waals surface area contributed by atoms with E-state index in [1.54, 1.807) is 0 Å². The molecule has 2 N–H and O–H groups in total. The molecule has 1 heterocycles. The second-order valence-electron chi connectivity index (χ2n) is 5.26. The number of nitrogens with one attached hydrogen (secondary N) is 2. The van der Waals surface area contributed by atoms with Crippen LogP contribution in [0.5, 0.6) is 0 Å². The molecule has 0 atom stereocenters. The summed E-state index contributed by atoms with van der Waals surface area (Å²) in [7, 11) is -3.28. The zero-order chi connectivity index (χ0) is 13.7. The monoisotopic (exact) mass is 289 g/mol. The maximum Gasteiger partial charge on any atom is 0.221 e. The summed E-state index contributed by atoms with van der Waals surface area (Å²) in [5.74, 6) is -0.212. The Morgan fingerprint density at radius 3 is 2.47 bits per heavy atom. The third kappa shape index (κ3) is 4.43. The molecule has 0 aromatic rings. The molecule has 0 spiro atoms. The van der Waals surface area contributed by atoms with Gasteiger partial charge >= 0.3 is 0 Å². The molecule has 7 heteroatoms. The number of piperazine rings is 1. The number of nitrogens with zero attached hydrogens (tertiary/aromatic N) is 1. The first kappa shape index (κ1) is 14.7. The van der Waals surface area contributed by atoms with Gasteiger partial charge in [-0.1, -0.05) is 12.8 Å². The van der Waals surface area contributed by atoms with Crippen molar-refractivity contribution in [2.24, 2.45) is 0 Å². The Morgan fingerprint density at radius 2 is 1.84 bits per heavy atom. The Hall–Kier alpha value is -0.660. The average molecular weight is 289 g/mol. The summed E-state index contributed by atoms with van der Waals surface area (Å²) in [6.45, 7) is 2.39. The predicted octanol–water partition coefficient (Wildman–Crippen LogP) is -0.330. The molecular formula is C12H23N3O3S. The van der Waals surface area contributed by atoms with Crippen molar-refractivity contribution in [3.63, 3.8) is 0 Å². The molecule has 1 saturated heterocycles. The van der Waals surface area contributed by atoms with Gasteiger partial charge in [0, 0.05) is 38.6 Å². The molecule has 0 bridgehead atoms. The molecule has 1 aliphatic heterocycles. The first-order chi connectivity index (χ1) is 9.08. The van der Waals surface area contributed by atoms with Gasteiger partial charge < -0.3 is 10.6 Å². The van der Waals surface area contributed by atoms with Gasteiger partial charge in [0.2, 0.25) is 15.9 Å². The lowest BCUT2D eigenvalue weighted by Crippen LogP contribution is -2.47. The first-order valence-electron chi connectivity index (χ1n) is 7.06. The minimum Gasteiger partial charge on any atom is -0.353 e. The van der Waals surface area contributed by atoms with Crippen LogP contribution in [0.1, 0.15) is 32.1 Å². The summed E-state index contributed by atoms with van der Waals surface area (Å²) in [6.07, 6.45) is 4.43. The van der Waals surface area contributed by atoms with Gasteiger partial charge in [0.05, 0.1) is 5.75 Å². The molecule has 1 aliphatic carbocycles. The summed E-state index contributed by atoms with van der Waals surface area (Å²) >= 11 is 0. The highest BCUT2D eigenvalue weighted by atomic mass is 32.2. The molecule has 0 aromatic heterocycles. The number of hydrogen-bond acceptors (Lipinski definition) is 4. The van der Waals surface area contributed by atoms with Crippen LogP contribution < -0.4 is 10.6 Å². The zero-order valence-electron chi connectivity index (χ0n) is 11.2. The van der Waals surface area contributed by atoms with Crippen LogP contribution >= 0.6 is 0 Å². The Balaban J connectivity index is 1.75.